The summed E-state index contributed by atoms with van der Waals surface area (Å²) in [6.07, 6.45) is 1.77. The van der Waals surface area contributed by atoms with Crippen molar-refractivity contribution in [1.82, 2.24) is 4.98 Å². The number of fused-ring (bicyclic) bond motifs is 1. The Morgan fingerprint density at radius 3 is 2.69 bits per heavy atom. The Balaban J connectivity index is 0.000000845. The molecule has 0 aliphatic heterocycles. The average Bonchev–Trinajstić information content (AvgIpc) is 2.17. The van der Waals surface area contributed by atoms with Crippen LogP contribution in [0.4, 0.5) is 0 Å². The summed E-state index contributed by atoms with van der Waals surface area (Å²) < 4.78 is 5.16. The van der Waals surface area contributed by atoms with E-state index < -0.39 is 0 Å². The van der Waals surface area contributed by atoms with E-state index in [1.165, 1.54) is 0 Å². The number of hydrogen-bond donors (Lipinski definition) is 0. The highest BCUT2D eigenvalue weighted by Crippen LogP contribution is 2.21. The minimum absolute atomic E-state index is 0. The molecule has 1 aromatic carbocycles. The number of methoxy groups -OCH3 is 1. The summed E-state index contributed by atoms with van der Waals surface area (Å²) >= 11 is 0. The molecule has 3 nitrogen and oxygen atoms in total. The zero-order valence-corrected chi connectivity index (χ0v) is 7.32. The Hall–Kier alpha value is -1.61. The minimum atomic E-state index is 0. The second-order valence-corrected chi connectivity index (χ2v) is 2.54. The zero-order chi connectivity index (χ0) is 8.39. The quantitative estimate of drug-likeness (QED) is 0.661. The molecular formula is C10H11NO2. The predicted molar refractivity (Wildman–Crippen MR) is 51.9 cm³/mol. The molecule has 0 bridgehead atoms. The molecule has 0 spiro atoms. The van der Waals surface area contributed by atoms with E-state index in [0.717, 1.165) is 16.7 Å². The largest absolute Gasteiger partial charge is 0.494 e. The SMILES string of the molecule is COc1cccc2cccnc12.O. The van der Waals surface area contributed by atoms with Crippen LogP contribution in [-0.4, -0.2) is 17.6 Å². The number of nitrogens with zero attached hydrogens (tertiary/aromatic N) is 1. The van der Waals surface area contributed by atoms with Gasteiger partial charge in [-0.15, -0.1) is 0 Å². The smallest absolute Gasteiger partial charge is 0.145 e. The lowest BCUT2D eigenvalue weighted by molar-refractivity contribution is 0.419. The lowest BCUT2D eigenvalue weighted by Gasteiger charge is -2.02. The van der Waals surface area contributed by atoms with Gasteiger partial charge in [0.25, 0.3) is 0 Å². The first-order valence-electron chi connectivity index (χ1n) is 3.79. The highest BCUT2D eigenvalue weighted by molar-refractivity contribution is 5.84. The normalized spacial score (nSPS) is 9.31. The molecule has 0 atom stereocenters. The fraction of sp³-hybridized carbons (Fsp3) is 0.100. The van der Waals surface area contributed by atoms with Gasteiger partial charge in [-0.3, -0.25) is 4.98 Å². The summed E-state index contributed by atoms with van der Waals surface area (Å²) in [5.74, 6) is 0.827. The van der Waals surface area contributed by atoms with Crippen LogP contribution in [0.2, 0.25) is 0 Å². The van der Waals surface area contributed by atoms with Gasteiger partial charge in [0.15, 0.2) is 0 Å². The molecule has 0 fully saturated rings. The highest BCUT2D eigenvalue weighted by Gasteiger charge is 1.98. The standard InChI is InChI=1S/C10H9NO.H2O/c1-12-9-6-2-4-8-5-3-7-11-10(8)9;/h2-7H,1H3;1H2. The summed E-state index contributed by atoms with van der Waals surface area (Å²) in [5.41, 5.74) is 0.919. The van der Waals surface area contributed by atoms with Gasteiger partial charge in [0.2, 0.25) is 0 Å². The van der Waals surface area contributed by atoms with Crippen LogP contribution in [-0.2, 0) is 0 Å². The van der Waals surface area contributed by atoms with Gasteiger partial charge in [-0.1, -0.05) is 18.2 Å². The third kappa shape index (κ3) is 1.60. The first-order chi connectivity index (χ1) is 5.92. The maximum Gasteiger partial charge on any atom is 0.145 e. The molecule has 2 N–H and O–H groups in total. The molecule has 0 aliphatic carbocycles. The first-order valence-corrected chi connectivity index (χ1v) is 3.79. The second kappa shape index (κ2) is 3.87. The maximum absolute atomic E-state index is 5.16. The third-order valence-corrected chi connectivity index (χ3v) is 1.82. The molecule has 0 radical (unpaired) electrons. The fourth-order valence-corrected chi connectivity index (χ4v) is 1.24. The van der Waals surface area contributed by atoms with Crippen LogP contribution in [0.25, 0.3) is 10.9 Å². The van der Waals surface area contributed by atoms with Gasteiger partial charge >= 0.3 is 0 Å². The Bertz CT molecular complexity index is 396. The van der Waals surface area contributed by atoms with E-state index in [1.807, 2.05) is 30.3 Å². The monoisotopic (exact) mass is 177 g/mol. The van der Waals surface area contributed by atoms with Crippen LogP contribution in [0.3, 0.4) is 0 Å². The zero-order valence-electron chi connectivity index (χ0n) is 7.32. The van der Waals surface area contributed by atoms with Gasteiger partial charge in [-0.05, 0) is 12.1 Å². The van der Waals surface area contributed by atoms with Crippen molar-refractivity contribution in [2.24, 2.45) is 0 Å². The van der Waals surface area contributed by atoms with Crippen LogP contribution in [0.5, 0.6) is 5.75 Å². The van der Waals surface area contributed by atoms with E-state index in [9.17, 15) is 0 Å². The van der Waals surface area contributed by atoms with Crippen LogP contribution in [0.1, 0.15) is 0 Å². The molecule has 0 unspecified atom stereocenters. The molecule has 0 saturated heterocycles. The molecule has 0 amide bonds. The Labute approximate surface area is 76.3 Å². The topological polar surface area (TPSA) is 53.6 Å². The van der Waals surface area contributed by atoms with E-state index in [4.69, 9.17) is 4.74 Å². The Kier molecular flexibility index (Phi) is 2.82. The van der Waals surface area contributed by atoms with Gasteiger partial charge in [0.1, 0.15) is 11.3 Å². The van der Waals surface area contributed by atoms with Crippen molar-refractivity contribution in [3.8, 4) is 5.75 Å². The Morgan fingerprint density at radius 2 is 1.92 bits per heavy atom. The summed E-state index contributed by atoms with van der Waals surface area (Å²) in [4.78, 5) is 4.23. The summed E-state index contributed by atoms with van der Waals surface area (Å²) in [6.45, 7) is 0. The molecule has 0 saturated carbocycles. The number of rotatable bonds is 1. The van der Waals surface area contributed by atoms with Crippen molar-refractivity contribution in [3.63, 3.8) is 0 Å². The van der Waals surface area contributed by atoms with Crippen molar-refractivity contribution in [3.05, 3.63) is 36.5 Å². The lowest BCUT2D eigenvalue weighted by atomic mass is 10.2. The molecule has 13 heavy (non-hydrogen) atoms. The first kappa shape index (κ1) is 9.48. The number of para-hydroxylation sites is 1. The van der Waals surface area contributed by atoms with Crippen LogP contribution >= 0.6 is 0 Å². The molecule has 1 heterocycles. The van der Waals surface area contributed by atoms with Gasteiger partial charge < -0.3 is 10.2 Å². The number of benzene rings is 1. The minimum Gasteiger partial charge on any atom is -0.494 e. The average molecular weight is 177 g/mol. The number of ether oxygens (including phenoxy) is 1. The van der Waals surface area contributed by atoms with Crippen molar-refractivity contribution in [2.45, 2.75) is 0 Å². The van der Waals surface area contributed by atoms with Crippen LogP contribution in [0, 0.1) is 0 Å². The second-order valence-electron chi connectivity index (χ2n) is 2.54. The number of aromatic nitrogens is 1. The van der Waals surface area contributed by atoms with E-state index in [2.05, 4.69) is 4.98 Å². The predicted octanol–water partition coefficient (Wildman–Crippen LogP) is 1.42. The molecule has 68 valence electrons. The molecule has 1 aromatic heterocycles. The summed E-state index contributed by atoms with van der Waals surface area (Å²) in [5, 5.41) is 1.11. The fourth-order valence-electron chi connectivity index (χ4n) is 1.24. The molecule has 0 aliphatic rings. The lowest BCUT2D eigenvalue weighted by Crippen LogP contribution is -1.85. The van der Waals surface area contributed by atoms with Crippen molar-refractivity contribution < 1.29 is 10.2 Å². The summed E-state index contributed by atoms with van der Waals surface area (Å²) in [6, 6.07) is 9.83. The molecule has 2 aromatic rings. The number of hydrogen-bond acceptors (Lipinski definition) is 2. The van der Waals surface area contributed by atoms with E-state index in [-0.39, 0.29) is 5.48 Å². The molecule has 2 rings (SSSR count). The highest BCUT2D eigenvalue weighted by atomic mass is 16.5. The van der Waals surface area contributed by atoms with E-state index in [0.29, 0.717) is 0 Å². The van der Waals surface area contributed by atoms with Gasteiger partial charge in [0.05, 0.1) is 7.11 Å². The van der Waals surface area contributed by atoms with Crippen molar-refractivity contribution in [1.29, 1.82) is 0 Å². The van der Waals surface area contributed by atoms with Gasteiger partial charge in [-0.25, -0.2) is 0 Å². The van der Waals surface area contributed by atoms with E-state index >= 15 is 0 Å². The third-order valence-electron chi connectivity index (χ3n) is 1.82. The van der Waals surface area contributed by atoms with Crippen LogP contribution < -0.4 is 4.74 Å². The van der Waals surface area contributed by atoms with Crippen LogP contribution in [0.15, 0.2) is 36.5 Å². The number of pyridine rings is 1. The molecule has 3 heteroatoms. The van der Waals surface area contributed by atoms with Gasteiger partial charge in [-0.2, -0.15) is 0 Å². The van der Waals surface area contributed by atoms with E-state index in [1.54, 1.807) is 13.3 Å². The van der Waals surface area contributed by atoms with Crippen molar-refractivity contribution in [2.75, 3.05) is 7.11 Å². The van der Waals surface area contributed by atoms with Crippen molar-refractivity contribution >= 4 is 10.9 Å². The Morgan fingerprint density at radius 1 is 1.15 bits per heavy atom. The summed E-state index contributed by atoms with van der Waals surface area (Å²) in [7, 11) is 1.66. The van der Waals surface area contributed by atoms with Gasteiger partial charge in [0, 0.05) is 11.6 Å². The maximum atomic E-state index is 5.16. The molecular weight excluding hydrogens is 166 g/mol.